The van der Waals surface area contributed by atoms with E-state index in [1.807, 2.05) is 0 Å². The first-order chi connectivity index (χ1) is 13.0. The van der Waals surface area contributed by atoms with Gasteiger partial charge in [-0.05, 0) is 41.5 Å². The standard InChI is InChI=1S/C21H16F2N4/c22-17-3-1-2-14-16(17)11-26-27-21(14)9-12-4-6-18(23)15(8-12)13-5-7-19(24)20(25)10-13/h1-8,10-11H,9,24-25H2. The number of hydrogen-bond donors (Lipinski definition) is 2. The fourth-order valence-corrected chi connectivity index (χ4v) is 3.10. The van der Waals surface area contributed by atoms with Crippen LogP contribution in [0.25, 0.3) is 21.9 Å². The first-order valence-electron chi connectivity index (χ1n) is 8.35. The molecule has 4 N–H and O–H groups in total. The third kappa shape index (κ3) is 3.17. The molecule has 0 bridgehead atoms. The molecule has 4 nitrogen and oxygen atoms in total. The maximum Gasteiger partial charge on any atom is 0.132 e. The smallest absolute Gasteiger partial charge is 0.132 e. The second-order valence-electron chi connectivity index (χ2n) is 6.33. The van der Waals surface area contributed by atoms with Crippen molar-refractivity contribution >= 4 is 22.1 Å². The van der Waals surface area contributed by atoms with Gasteiger partial charge in [0.05, 0.1) is 23.3 Å². The van der Waals surface area contributed by atoms with E-state index in [-0.39, 0.29) is 11.6 Å². The molecule has 0 amide bonds. The SMILES string of the molecule is Nc1ccc(-c2cc(Cc3nncc4c(F)cccc34)ccc2F)cc1N. The molecule has 0 unspecified atom stereocenters. The van der Waals surface area contributed by atoms with Gasteiger partial charge < -0.3 is 11.5 Å². The van der Waals surface area contributed by atoms with E-state index in [4.69, 9.17) is 11.5 Å². The summed E-state index contributed by atoms with van der Waals surface area (Å²) < 4.78 is 28.4. The number of nitrogens with two attached hydrogens (primary N) is 2. The Morgan fingerprint density at radius 2 is 1.67 bits per heavy atom. The maximum atomic E-state index is 14.4. The number of hydrogen-bond acceptors (Lipinski definition) is 4. The van der Waals surface area contributed by atoms with Crippen LogP contribution < -0.4 is 11.5 Å². The Bertz CT molecular complexity index is 1160. The van der Waals surface area contributed by atoms with E-state index >= 15 is 0 Å². The van der Waals surface area contributed by atoms with E-state index < -0.39 is 0 Å². The minimum atomic E-state index is -0.363. The highest BCUT2D eigenvalue weighted by Gasteiger charge is 2.11. The zero-order valence-corrected chi connectivity index (χ0v) is 14.3. The van der Waals surface area contributed by atoms with Gasteiger partial charge in [-0.15, -0.1) is 0 Å². The summed E-state index contributed by atoms with van der Waals surface area (Å²) in [6, 6.07) is 14.6. The summed E-state index contributed by atoms with van der Waals surface area (Å²) in [7, 11) is 0. The predicted octanol–water partition coefficient (Wildman–Crippen LogP) is 4.33. The monoisotopic (exact) mass is 362 g/mol. The van der Waals surface area contributed by atoms with Crippen LogP contribution in [0.1, 0.15) is 11.3 Å². The van der Waals surface area contributed by atoms with Crippen LogP contribution in [-0.4, -0.2) is 10.2 Å². The average Bonchev–Trinajstić information content (AvgIpc) is 2.66. The molecule has 3 aromatic carbocycles. The molecule has 134 valence electrons. The predicted molar refractivity (Wildman–Crippen MR) is 103 cm³/mol. The number of benzene rings is 3. The van der Waals surface area contributed by atoms with Crippen LogP contribution in [0, 0.1) is 11.6 Å². The number of nitrogen functional groups attached to an aromatic ring is 2. The molecule has 0 aliphatic rings. The van der Waals surface area contributed by atoms with Gasteiger partial charge >= 0.3 is 0 Å². The molecule has 1 heterocycles. The number of fused-ring (bicyclic) bond motifs is 1. The van der Waals surface area contributed by atoms with Gasteiger partial charge in [-0.25, -0.2) is 8.78 Å². The van der Waals surface area contributed by atoms with Crippen molar-refractivity contribution in [1.29, 1.82) is 0 Å². The van der Waals surface area contributed by atoms with E-state index in [0.717, 1.165) is 5.56 Å². The van der Waals surface area contributed by atoms with E-state index in [1.165, 1.54) is 18.3 Å². The van der Waals surface area contributed by atoms with Crippen LogP contribution in [-0.2, 0) is 6.42 Å². The van der Waals surface area contributed by atoms with Crippen molar-refractivity contribution in [2.75, 3.05) is 11.5 Å². The van der Waals surface area contributed by atoms with Crippen molar-refractivity contribution in [2.45, 2.75) is 6.42 Å². The Morgan fingerprint density at radius 1 is 0.815 bits per heavy atom. The van der Waals surface area contributed by atoms with Crippen molar-refractivity contribution in [3.63, 3.8) is 0 Å². The molecule has 0 aliphatic heterocycles. The highest BCUT2D eigenvalue weighted by molar-refractivity contribution is 5.84. The minimum Gasteiger partial charge on any atom is -0.397 e. The molecule has 0 spiro atoms. The molecule has 0 fully saturated rings. The average molecular weight is 362 g/mol. The molecule has 0 atom stereocenters. The van der Waals surface area contributed by atoms with Crippen LogP contribution >= 0.6 is 0 Å². The molecule has 4 rings (SSSR count). The second-order valence-corrected chi connectivity index (χ2v) is 6.33. The lowest BCUT2D eigenvalue weighted by Crippen LogP contribution is -1.99. The quantitative estimate of drug-likeness (QED) is 0.532. The Balaban J connectivity index is 1.76. The Hall–Kier alpha value is -3.54. The molecule has 0 radical (unpaired) electrons. The lowest BCUT2D eigenvalue weighted by Gasteiger charge is -2.10. The summed E-state index contributed by atoms with van der Waals surface area (Å²) in [5, 5.41) is 9.14. The third-order valence-electron chi connectivity index (χ3n) is 4.53. The number of aromatic nitrogens is 2. The number of anilines is 2. The molecular formula is C21H16F2N4. The van der Waals surface area contributed by atoms with Crippen molar-refractivity contribution in [3.8, 4) is 11.1 Å². The van der Waals surface area contributed by atoms with E-state index in [1.54, 1.807) is 42.5 Å². The molecule has 0 aliphatic carbocycles. The fourth-order valence-electron chi connectivity index (χ4n) is 3.10. The van der Waals surface area contributed by atoms with Crippen LogP contribution in [0.3, 0.4) is 0 Å². The van der Waals surface area contributed by atoms with Crippen molar-refractivity contribution in [2.24, 2.45) is 0 Å². The zero-order valence-electron chi connectivity index (χ0n) is 14.3. The third-order valence-corrected chi connectivity index (χ3v) is 4.53. The highest BCUT2D eigenvalue weighted by Crippen LogP contribution is 2.29. The number of nitrogens with zero attached hydrogens (tertiary/aromatic N) is 2. The molecule has 0 saturated heterocycles. The van der Waals surface area contributed by atoms with Crippen molar-refractivity contribution in [1.82, 2.24) is 10.2 Å². The molecular weight excluding hydrogens is 346 g/mol. The van der Waals surface area contributed by atoms with Gasteiger partial charge in [-0.2, -0.15) is 10.2 Å². The lowest BCUT2D eigenvalue weighted by molar-refractivity contribution is 0.630. The summed E-state index contributed by atoms with van der Waals surface area (Å²) in [5.41, 5.74) is 14.9. The van der Waals surface area contributed by atoms with Crippen molar-refractivity contribution in [3.05, 3.63) is 83.7 Å². The first kappa shape index (κ1) is 16.9. The summed E-state index contributed by atoms with van der Waals surface area (Å²) in [5.74, 6) is -0.709. The number of halogens is 2. The minimum absolute atomic E-state index is 0.346. The Labute approximate surface area is 154 Å². The summed E-state index contributed by atoms with van der Waals surface area (Å²) in [6.45, 7) is 0. The topological polar surface area (TPSA) is 77.8 Å². The summed E-state index contributed by atoms with van der Waals surface area (Å²) >= 11 is 0. The van der Waals surface area contributed by atoms with Gasteiger partial charge in [0.25, 0.3) is 0 Å². The van der Waals surface area contributed by atoms with Crippen LogP contribution in [0.5, 0.6) is 0 Å². The lowest BCUT2D eigenvalue weighted by atomic mass is 9.98. The van der Waals surface area contributed by atoms with Crippen LogP contribution in [0.15, 0.2) is 60.8 Å². The van der Waals surface area contributed by atoms with Gasteiger partial charge in [0.2, 0.25) is 0 Å². The summed E-state index contributed by atoms with van der Waals surface area (Å²) in [6.07, 6.45) is 1.80. The maximum absolute atomic E-state index is 14.4. The Kier molecular flexibility index (Phi) is 4.16. The highest BCUT2D eigenvalue weighted by atomic mass is 19.1. The van der Waals surface area contributed by atoms with E-state index in [2.05, 4.69) is 10.2 Å². The molecule has 0 saturated carbocycles. The van der Waals surface area contributed by atoms with Gasteiger partial charge in [0.15, 0.2) is 0 Å². The zero-order chi connectivity index (χ0) is 19.0. The van der Waals surface area contributed by atoms with E-state index in [9.17, 15) is 8.78 Å². The van der Waals surface area contributed by atoms with Gasteiger partial charge in [-0.1, -0.05) is 24.3 Å². The molecule has 6 heteroatoms. The molecule has 4 aromatic rings. The van der Waals surface area contributed by atoms with Crippen molar-refractivity contribution < 1.29 is 8.78 Å². The normalized spacial score (nSPS) is 11.0. The largest absolute Gasteiger partial charge is 0.397 e. The van der Waals surface area contributed by atoms with Gasteiger partial charge in [0.1, 0.15) is 11.6 Å². The Morgan fingerprint density at radius 3 is 2.48 bits per heavy atom. The van der Waals surface area contributed by atoms with Gasteiger partial charge in [-0.3, -0.25) is 0 Å². The number of rotatable bonds is 3. The van der Waals surface area contributed by atoms with Gasteiger partial charge in [0, 0.05) is 22.8 Å². The fraction of sp³-hybridized carbons (Fsp3) is 0.0476. The first-order valence-corrected chi connectivity index (χ1v) is 8.35. The van der Waals surface area contributed by atoms with Crippen LogP contribution in [0.2, 0.25) is 0 Å². The van der Waals surface area contributed by atoms with Crippen LogP contribution in [0.4, 0.5) is 20.2 Å². The molecule has 1 aromatic heterocycles. The molecule has 27 heavy (non-hydrogen) atoms. The summed E-state index contributed by atoms with van der Waals surface area (Å²) in [4.78, 5) is 0. The van der Waals surface area contributed by atoms with E-state index in [0.29, 0.717) is 45.4 Å². The second kappa shape index (κ2) is 6.64.